The number of aromatic nitrogens is 3. The standard InChI is InChI=1S/C28H28FN3O2/c1-18-11-20(3-10-26(18)31-14-19(2)30-17-31)12-23-13-24(21-4-5-21)15-32(28(23)34)27(16-33)22-6-8-25(29)9-7-22/h3,6-11,13-15,17,21,27,33H,4-5,12,16H2,1-2H3/t27-/m0/s1. The molecule has 2 heterocycles. The summed E-state index contributed by atoms with van der Waals surface area (Å²) in [7, 11) is 0. The van der Waals surface area contributed by atoms with Gasteiger partial charge in [-0.2, -0.15) is 0 Å². The number of imidazole rings is 1. The average Bonchev–Trinajstić information content (AvgIpc) is 3.58. The van der Waals surface area contributed by atoms with Gasteiger partial charge in [-0.25, -0.2) is 9.37 Å². The fourth-order valence-electron chi connectivity index (χ4n) is 4.61. The highest BCUT2D eigenvalue weighted by molar-refractivity contribution is 5.44. The predicted octanol–water partition coefficient (Wildman–Crippen LogP) is 4.84. The molecule has 1 atom stereocenters. The molecule has 2 aromatic carbocycles. The number of aliphatic hydroxyl groups excluding tert-OH is 1. The molecule has 1 aliphatic carbocycles. The molecule has 174 valence electrons. The summed E-state index contributed by atoms with van der Waals surface area (Å²) in [5.41, 5.74) is 6.59. The predicted molar refractivity (Wildman–Crippen MR) is 130 cm³/mol. The number of hydrogen-bond acceptors (Lipinski definition) is 3. The number of nitrogens with zero attached hydrogens (tertiary/aromatic N) is 3. The molecule has 2 aromatic heterocycles. The third-order valence-electron chi connectivity index (χ3n) is 6.60. The minimum absolute atomic E-state index is 0.125. The van der Waals surface area contributed by atoms with Gasteiger partial charge in [0.1, 0.15) is 5.82 Å². The first-order valence-corrected chi connectivity index (χ1v) is 11.6. The Bertz CT molecular complexity index is 1380. The molecular weight excluding hydrogens is 429 g/mol. The molecule has 34 heavy (non-hydrogen) atoms. The van der Waals surface area contributed by atoms with Gasteiger partial charge < -0.3 is 14.2 Å². The van der Waals surface area contributed by atoms with Crippen molar-refractivity contribution < 1.29 is 9.50 Å². The van der Waals surface area contributed by atoms with Crippen molar-refractivity contribution >= 4 is 0 Å². The van der Waals surface area contributed by atoms with E-state index in [1.807, 2.05) is 30.0 Å². The van der Waals surface area contributed by atoms with Gasteiger partial charge >= 0.3 is 0 Å². The molecule has 0 amide bonds. The number of pyridine rings is 1. The topological polar surface area (TPSA) is 60.0 Å². The zero-order chi connectivity index (χ0) is 23.8. The van der Waals surface area contributed by atoms with E-state index in [-0.39, 0.29) is 18.0 Å². The van der Waals surface area contributed by atoms with E-state index in [0.29, 0.717) is 23.5 Å². The molecular formula is C28H28FN3O2. The van der Waals surface area contributed by atoms with Crippen molar-refractivity contribution in [1.82, 2.24) is 14.1 Å². The van der Waals surface area contributed by atoms with E-state index in [9.17, 15) is 14.3 Å². The van der Waals surface area contributed by atoms with Crippen LogP contribution in [0.25, 0.3) is 5.69 Å². The summed E-state index contributed by atoms with van der Waals surface area (Å²) in [6.45, 7) is 3.78. The Morgan fingerprint density at radius 3 is 2.47 bits per heavy atom. The second kappa shape index (κ2) is 9.03. The molecule has 0 saturated heterocycles. The largest absolute Gasteiger partial charge is 0.394 e. The third kappa shape index (κ3) is 4.46. The van der Waals surface area contributed by atoms with Crippen LogP contribution < -0.4 is 5.56 Å². The van der Waals surface area contributed by atoms with Crippen LogP contribution in [0.15, 0.2) is 72.0 Å². The molecule has 1 N–H and O–H groups in total. The van der Waals surface area contributed by atoms with Gasteiger partial charge in [-0.15, -0.1) is 0 Å². The van der Waals surface area contributed by atoms with E-state index in [1.165, 1.54) is 12.1 Å². The van der Waals surface area contributed by atoms with Crippen LogP contribution in [0, 0.1) is 19.7 Å². The molecule has 0 unspecified atom stereocenters. The van der Waals surface area contributed by atoms with Crippen molar-refractivity contribution in [1.29, 1.82) is 0 Å². The Morgan fingerprint density at radius 2 is 1.85 bits per heavy atom. The Hall–Kier alpha value is -3.51. The summed E-state index contributed by atoms with van der Waals surface area (Å²) in [6.07, 6.45) is 8.39. The lowest BCUT2D eigenvalue weighted by Crippen LogP contribution is -2.30. The fourth-order valence-corrected chi connectivity index (χ4v) is 4.61. The van der Waals surface area contributed by atoms with Crippen LogP contribution in [0.2, 0.25) is 0 Å². The zero-order valence-electron chi connectivity index (χ0n) is 19.4. The van der Waals surface area contributed by atoms with Crippen molar-refractivity contribution in [3.05, 3.63) is 117 Å². The number of rotatable bonds is 7. The van der Waals surface area contributed by atoms with Gasteiger partial charge in [0.2, 0.25) is 0 Å². The quantitative estimate of drug-likeness (QED) is 0.432. The van der Waals surface area contributed by atoms with Gasteiger partial charge in [0.15, 0.2) is 0 Å². The molecule has 5 rings (SSSR count). The number of aryl methyl sites for hydroxylation is 2. The van der Waals surface area contributed by atoms with Gasteiger partial charge in [-0.3, -0.25) is 4.79 Å². The van der Waals surface area contributed by atoms with Crippen molar-refractivity contribution in [2.24, 2.45) is 0 Å². The second-order valence-corrected chi connectivity index (χ2v) is 9.26. The summed E-state index contributed by atoms with van der Waals surface area (Å²) in [4.78, 5) is 17.9. The lowest BCUT2D eigenvalue weighted by atomic mass is 10.00. The fraction of sp³-hybridized carbons (Fsp3) is 0.286. The van der Waals surface area contributed by atoms with Crippen LogP contribution in [0.3, 0.4) is 0 Å². The van der Waals surface area contributed by atoms with Crippen molar-refractivity contribution in [2.75, 3.05) is 6.61 Å². The van der Waals surface area contributed by atoms with Gasteiger partial charge in [0, 0.05) is 30.1 Å². The van der Waals surface area contributed by atoms with E-state index >= 15 is 0 Å². The molecule has 0 aliphatic heterocycles. The molecule has 0 bridgehead atoms. The van der Waals surface area contributed by atoms with Crippen LogP contribution in [0.4, 0.5) is 4.39 Å². The van der Waals surface area contributed by atoms with Crippen LogP contribution in [0.1, 0.15) is 58.3 Å². The molecule has 1 aliphatic rings. The van der Waals surface area contributed by atoms with E-state index < -0.39 is 6.04 Å². The van der Waals surface area contributed by atoms with Crippen LogP contribution in [0.5, 0.6) is 0 Å². The van der Waals surface area contributed by atoms with Crippen molar-refractivity contribution in [3.8, 4) is 5.69 Å². The number of aliphatic hydroxyl groups is 1. The number of halogens is 1. The lowest BCUT2D eigenvalue weighted by Gasteiger charge is -2.21. The van der Waals surface area contributed by atoms with Crippen LogP contribution in [-0.2, 0) is 6.42 Å². The summed E-state index contributed by atoms with van der Waals surface area (Å²) in [5, 5.41) is 10.2. The first-order chi connectivity index (χ1) is 16.4. The van der Waals surface area contributed by atoms with E-state index in [1.54, 1.807) is 23.0 Å². The Morgan fingerprint density at radius 1 is 1.09 bits per heavy atom. The minimum Gasteiger partial charge on any atom is -0.394 e. The van der Waals surface area contributed by atoms with E-state index in [0.717, 1.165) is 40.9 Å². The highest BCUT2D eigenvalue weighted by Gasteiger charge is 2.27. The third-order valence-corrected chi connectivity index (χ3v) is 6.60. The molecule has 6 heteroatoms. The van der Waals surface area contributed by atoms with Gasteiger partial charge in [0.25, 0.3) is 5.56 Å². The van der Waals surface area contributed by atoms with Crippen molar-refractivity contribution in [2.45, 2.75) is 45.1 Å². The van der Waals surface area contributed by atoms with E-state index in [2.05, 4.69) is 30.1 Å². The minimum atomic E-state index is -0.556. The van der Waals surface area contributed by atoms with Gasteiger partial charge in [0.05, 0.1) is 24.7 Å². The maximum absolute atomic E-state index is 13.6. The van der Waals surface area contributed by atoms with Crippen molar-refractivity contribution in [3.63, 3.8) is 0 Å². The molecule has 5 nitrogen and oxygen atoms in total. The SMILES string of the molecule is Cc1cn(-c2ccc(Cc3cc(C4CC4)cn([C@@H](CO)c4ccc(F)cc4)c3=O)cc2C)cn1. The number of hydrogen-bond donors (Lipinski definition) is 1. The Kier molecular flexibility index (Phi) is 5.92. The highest BCUT2D eigenvalue weighted by atomic mass is 19.1. The highest BCUT2D eigenvalue weighted by Crippen LogP contribution is 2.40. The first kappa shape index (κ1) is 22.3. The molecule has 0 radical (unpaired) electrons. The Labute approximate surface area is 198 Å². The van der Waals surface area contributed by atoms with E-state index in [4.69, 9.17) is 0 Å². The maximum atomic E-state index is 13.6. The number of benzene rings is 2. The first-order valence-electron chi connectivity index (χ1n) is 11.6. The summed E-state index contributed by atoms with van der Waals surface area (Å²) in [5.74, 6) is 0.108. The molecule has 4 aromatic rings. The average molecular weight is 458 g/mol. The summed E-state index contributed by atoms with van der Waals surface area (Å²) >= 11 is 0. The maximum Gasteiger partial charge on any atom is 0.254 e. The summed E-state index contributed by atoms with van der Waals surface area (Å²) < 4.78 is 17.1. The smallest absolute Gasteiger partial charge is 0.254 e. The molecule has 0 spiro atoms. The Balaban J connectivity index is 1.52. The monoisotopic (exact) mass is 457 g/mol. The molecule has 1 saturated carbocycles. The van der Waals surface area contributed by atoms with Gasteiger partial charge in [-0.05, 0) is 79.1 Å². The second-order valence-electron chi connectivity index (χ2n) is 9.26. The molecule has 1 fully saturated rings. The zero-order valence-corrected chi connectivity index (χ0v) is 19.4. The van der Waals surface area contributed by atoms with Gasteiger partial charge in [-0.1, -0.05) is 24.3 Å². The van der Waals surface area contributed by atoms with Crippen LogP contribution in [-0.4, -0.2) is 25.8 Å². The lowest BCUT2D eigenvalue weighted by molar-refractivity contribution is 0.246. The van der Waals surface area contributed by atoms with Crippen LogP contribution >= 0.6 is 0 Å². The normalized spacial score (nSPS) is 14.4. The summed E-state index contributed by atoms with van der Waals surface area (Å²) in [6, 6.07) is 13.7.